The lowest BCUT2D eigenvalue weighted by Crippen LogP contribution is -2.37. The molecule has 3 aromatic rings. The number of benzene rings is 2. The molecule has 31 heavy (non-hydrogen) atoms. The molecule has 1 heterocycles. The summed E-state index contributed by atoms with van der Waals surface area (Å²) in [6.45, 7) is 0.0184. The second-order valence-electron chi connectivity index (χ2n) is 7.38. The molecule has 1 aliphatic rings. The number of fused-ring (bicyclic) bond motifs is 1. The van der Waals surface area contributed by atoms with Crippen molar-refractivity contribution in [2.75, 3.05) is 0 Å². The van der Waals surface area contributed by atoms with Crippen molar-refractivity contribution in [3.8, 4) is 0 Å². The predicted molar refractivity (Wildman–Crippen MR) is 114 cm³/mol. The van der Waals surface area contributed by atoms with Crippen molar-refractivity contribution in [1.82, 2.24) is 9.88 Å². The van der Waals surface area contributed by atoms with Crippen molar-refractivity contribution in [1.29, 1.82) is 0 Å². The van der Waals surface area contributed by atoms with Crippen LogP contribution in [0.1, 0.15) is 49.9 Å². The number of pyridine rings is 1. The molecule has 0 aliphatic heterocycles. The van der Waals surface area contributed by atoms with E-state index in [1.165, 1.54) is 23.2 Å². The van der Waals surface area contributed by atoms with Gasteiger partial charge in [-0.1, -0.05) is 29.8 Å². The molecule has 0 fully saturated rings. The molecule has 8 heteroatoms. The van der Waals surface area contributed by atoms with Crippen molar-refractivity contribution in [3.63, 3.8) is 0 Å². The Kier molecular flexibility index (Phi) is 5.61. The van der Waals surface area contributed by atoms with Crippen LogP contribution < -0.4 is 11.3 Å². The van der Waals surface area contributed by atoms with Crippen LogP contribution in [0.2, 0.25) is 5.02 Å². The fraction of sp³-hybridized carbons (Fsp3) is 0.174. The Hall–Kier alpha value is -3.45. The Bertz CT molecular complexity index is 1240. The van der Waals surface area contributed by atoms with Gasteiger partial charge < -0.3 is 15.6 Å². The average Bonchev–Trinajstić information content (AvgIpc) is 3.16. The standard InChI is InChI=1S/C23H19ClFN3O3/c24-14-10-18-16(19(25)11-14)7-8-20(18)28(23(31)17-6-3-9-27-22(17)30)12-13-4-1-2-5-15(13)21(26)29/h1-6,9-11,20H,7-8,12H2,(H2,26,29)(H,27,30)/t20-/m1/s1. The van der Waals surface area contributed by atoms with E-state index in [4.69, 9.17) is 17.3 Å². The molecule has 6 nitrogen and oxygen atoms in total. The topological polar surface area (TPSA) is 96.3 Å². The number of aromatic nitrogens is 1. The first-order valence-electron chi connectivity index (χ1n) is 9.71. The van der Waals surface area contributed by atoms with E-state index in [1.54, 1.807) is 36.4 Å². The Balaban J connectivity index is 1.82. The van der Waals surface area contributed by atoms with Crippen LogP contribution in [0.15, 0.2) is 59.5 Å². The summed E-state index contributed by atoms with van der Waals surface area (Å²) in [6, 6.07) is 12.1. The largest absolute Gasteiger partial charge is 0.366 e. The first-order valence-corrected chi connectivity index (χ1v) is 10.1. The number of amides is 2. The maximum atomic E-state index is 14.5. The molecule has 0 saturated heterocycles. The summed E-state index contributed by atoms with van der Waals surface area (Å²) in [5.41, 5.74) is 6.84. The van der Waals surface area contributed by atoms with Crippen LogP contribution in [-0.4, -0.2) is 21.7 Å². The lowest BCUT2D eigenvalue weighted by Gasteiger charge is -2.30. The molecule has 0 saturated carbocycles. The SMILES string of the molecule is NC(=O)c1ccccc1CN(C(=O)c1ccc[nH]c1=O)[C@@H]1CCc2c(F)cc(Cl)cc21. The van der Waals surface area contributed by atoms with Crippen molar-refractivity contribution >= 4 is 23.4 Å². The molecule has 158 valence electrons. The van der Waals surface area contributed by atoms with Gasteiger partial charge in [-0.3, -0.25) is 14.4 Å². The van der Waals surface area contributed by atoms with Crippen molar-refractivity contribution in [2.24, 2.45) is 5.73 Å². The lowest BCUT2D eigenvalue weighted by atomic mass is 10.0. The van der Waals surface area contributed by atoms with E-state index in [2.05, 4.69) is 4.98 Å². The van der Waals surface area contributed by atoms with E-state index in [9.17, 15) is 18.8 Å². The van der Waals surface area contributed by atoms with Crippen molar-refractivity contribution in [2.45, 2.75) is 25.4 Å². The van der Waals surface area contributed by atoms with Gasteiger partial charge in [0.1, 0.15) is 11.4 Å². The summed E-state index contributed by atoms with van der Waals surface area (Å²) in [6.07, 6.45) is 2.32. The van der Waals surface area contributed by atoms with Crippen LogP contribution in [0, 0.1) is 5.82 Å². The van der Waals surface area contributed by atoms with Gasteiger partial charge in [0.25, 0.3) is 11.5 Å². The highest BCUT2D eigenvalue weighted by atomic mass is 35.5. The van der Waals surface area contributed by atoms with Crippen LogP contribution >= 0.6 is 11.6 Å². The first kappa shape index (κ1) is 20.8. The fourth-order valence-corrected chi connectivity index (χ4v) is 4.31. The van der Waals surface area contributed by atoms with Crippen LogP contribution in [0.3, 0.4) is 0 Å². The summed E-state index contributed by atoms with van der Waals surface area (Å²) in [5.74, 6) is -1.58. The van der Waals surface area contributed by atoms with Crippen molar-refractivity contribution in [3.05, 3.63) is 104 Å². The molecule has 2 amide bonds. The molecule has 1 atom stereocenters. The Morgan fingerprint density at radius 1 is 1.16 bits per heavy atom. The number of hydrogen-bond acceptors (Lipinski definition) is 3. The van der Waals surface area contributed by atoms with Crippen LogP contribution in [0.25, 0.3) is 0 Å². The summed E-state index contributed by atoms with van der Waals surface area (Å²) >= 11 is 6.09. The zero-order chi connectivity index (χ0) is 22.1. The normalized spacial score (nSPS) is 14.8. The third-order valence-electron chi connectivity index (χ3n) is 5.53. The molecular weight excluding hydrogens is 421 g/mol. The van der Waals surface area contributed by atoms with Gasteiger partial charge in [-0.2, -0.15) is 0 Å². The Morgan fingerprint density at radius 2 is 1.90 bits per heavy atom. The maximum Gasteiger partial charge on any atom is 0.260 e. The molecule has 0 bridgehead atoms. The molecule has 0 radical (unpaired) electrons. The summed E-state index contributed by atoms with van der Waals surface area (Å²) in [5, 5.41) is 0.227. The number of H-pyrrole nitrogens is 1. The number of carbonyl (C=O) groups excluding carboxylic acids is 2. The highest BCUT2D eigenvalue weighted by molar-refractivity contribution is 6.30. The number of rotatable bonds is 5. The first-order chi connectivity index (χ1) is 14.9. The molecule has 0 unspecified atom stereocenters. The van der Waals surface area contributed by atoms with E-state index in [-0.39, 0.29) is 22.7 Å². The summed E-state index contributed by atoms with van der Waals surface area (Å²) < 4.78 is 14.5. The Labute approximate surface area is 182 Å². The van der Waals surface area contributed by atoms with E-state index in [0.29, 0.717) is 29.5 Å². The zero-order valence-corrected chi connectivity index (χ0v) is 17.2. The Morgan fingerprint density at radius 3 is 2.65 bits per heavy atom. The van der Waals surface area contributed by atoms with Gasteiger partial charge in [0.05, 0.1) is 6.04 Å². The minimum atomic E-state index is -0.624. The van der Waals surface area contributed by atoms with Gasteiger partial charge in [0.15, 0.2) is 0 Å². The van der Waals surface area contributed by atoms with E-state index in [1.807, 2.05) is 0 Å². The number of hydrogen-bond donors (Lipinski definition) is 2. The number of carbonyl (C=O) groups is 2. The number of halogens is 2. The minimum Gasteiger partial charge on any atom is -0.366 e. The minimum absolute atomic E-state index is 0.0184. The molecule has 2 aromatic carbocycles. The van der Waals surface area contributed by atoms with Crippen LogP contribution in [-0.2, 0) is 13.0 Å². The molecule has 3 N–H and O–H groups in total. The zero-order valence-electron chi connectivity index (χ0n) is 16.4. The second-order valence-corrected chi connectivity index (χ2v) is 7.81. The lowest BCUT2D eigenvalue weighted by molar-refractivity contribution is 0.0654. The highest BCUT2D eigenvalue weighted by Gasteiger charge is 2.34. The molecular formula is C23H19ClFN3O3. The van der Waals surface area contributed by atoms with Crippen LogP contribution in [0.4, 0.5) is 4.39 Å². The third-order valence-corrected chi connectivity index (χ3v) is 5.75. The van der Waals surface area contributed by atoms with Crippen molar-refractivity contribution < 1.29 is 14.0 Å². The summed E-state index contributed by atoms with van der Waals surface area (Å²) in [7, 11) is 0. The van der Waals surface area contributed by atoms with Gasteiger partial charge in [0, 0.05) is 23.3 Å². The van der Waals surface area contributed by atoms with Gasteiger partial charge in [0.2, 0.25) is 5.91 Å². The molecule has 1 aromatic heterocycles. The highest BCUT2D eigenvalue weighted by Crippen LogP contribution is 2.40. The average molecular weight is 440 g/mol. The second kappa shape index (κ2) is 8.35. The smallest absolute Gasteiger partial charge is 0.260 e. The predicted octanol–water partition coefficient (Wildman–Crippen LogP) is 3.60. The number of nitrogens with zero attached hydrogens (tertiary/aromatic N) is 1. The van der Waals surface area contributed by atoms with E-state index in [0.717, 1.165) is 0 Å². The number of nitrogens with one attached hydrogen (secondary N) is 1. The van der Waals surface area contributed by atoms with E-state index < -0.39 is 29.2 Å². The fourth-order valence-electron chi connectivity index (χ4n) is 4.10. The van der Waals surface area contributed by atoms with Gasteiger partial charge in [-0.15, -0.1) is 0 Å². The maximum absolute atomic E-state index is 14.5. The van der Waals surface area contributed by atoms with Gasteiger partial charge in [-0.05, 0) is 59.9 Å². The van der Waals surface area contributed by atoms with Gasteiger partial charge >= 0.3 is 0 Å². The number of primary amides is 1. The van der Waals surface area contributed by atoms with Gasteiger partial charge in [-0.25, -0.2) is 4.39 Å². The van der Waals surface area contributed by atoms with E-state index >= 15 is 0 Å². The quantitative estimate of drug-likeness (QED) is 0.635. The number of aromatic amines is 1. The van der Waals surface area contributed by atoms with Crippen LogP contribution in [0.5, 0.6) is 0 Å². The molecule has 4 rings (SSSR count). The number of nitrogens with two attached hydrogens (primary N) is 1. The summed E-state index contributed by atoms with van der Waals surface area (Å²) in [4.78, 5) is 41.7. The monoisotopic (exact) mass is 439 g/mol. The third kappa shape index (κ3) is 3.96. The molecule has 1 aliphatic carbocycles. The molecule has 0 spiro atoms.